The Hall–Kier alpha value is -0.0800. The second-order valence-corrected chi connectivity index (χ2v) is 7.20. The van der Waals surface area contributed by atoms with E-state index in [1.165, 1.54) is 45.2 Å². The summed E-state index contributed by atoms with van der Waals surface area (Å²) in [4.78, 5) is 9.50. The number of piperidine rings is 2. The van der Waals surface area contributed by atoms with Crippen molar-refractivity contribution in [3.63, 3.8) is 0 Å². The molecule has 0 saturated carbocycles. The Morgan fingerprint density at radius 2 is 1.88 bits per heavy atom. The molecular weight excluding hydrogens is 427 g/mol. The zero-order chi connectivity index (χ0) is 17.2. The maximum atomic E-state index is 5.73. The molecule has 6 heteroatoms. The van der Waals surface area contributed by atoms with Crippen LogP contribution in [0.5, 0.6) is 0 Å². The number of aliphatic imine (C=N–C) groups is 1. The molecule has 2 saturated heterocycles. The van der Waals surface area contributed by atoms with Gasteiger partial charge in [0, 0.05) is 39.3 Å². The quantitative estimate of drug-likeness (QED) is 0.271. The van der Waals surface area contributed by atoms with Crippen molar-refractivity contribution in [1.82, 2.24) is 15.1 Å². The number of hydrogen-bond donors (Lipinski definition) is 1. The normalized spacial score (nSPS) is 23.4. The lowest BCUT2D eigenvalue weighted by Crippen LogP contribution is -2.47. The van der Waals surface area contributed by atoms with Gasteiger partial charge >= 0.3 is 0 Å². The van der Waals surface area contributed by atoms with Crippen LogP contribution in [-0.2, 0) is 4.74 Å². The third-order valence-corrected chi connectivity index (χ3v) is 5.45. The topological polar surface area (TPSA) is 40.1 Å². The van der Waals surface area contributed by atoms with Gasteiger partial charge < -0.3 is 19.9 Å². The molecule has 0 aromatic carbocycles. The maximum Gasteiger partial charge on any atom is 0.193 e. The Morgan fingerprint density at radius 1 is 1.12 bits per heavy atom. The lowest BCUT2D eigenvalue weighted by atomic mass is 10.0. The average Bonchev–Trinajstić information content (AvgIpc) is 2.61. The Bertz CT molecular complexity index is 372. The predicted octanol–water partition coefficient (Wildman–Crippen LogP) is 3.34. The number of ether oxygens (including phenoxy) is 1. The Kier molecular flexibility index (Phi) is 12.1. The van der Waals surface area contributed by atoms with Crippen molar-refractivity contribution in [2.45, 2.75) is 70.9 Å². The minimum atomic E-state index is 0. The first-order valence-electron chi connectivity index (χ1n) is 10.1. The highest BCUT2D eigenvalue weighted by Gasteiger charge is 2.21. The predicted molar refractivity (Wildman–Crippen MR) is 117 cm³/mol. The van der Waals surface area contributed by atoms with Crippen LogP contribution in [0.3, 0.4) is 0 Å². The molecule has 0 aromatic heterocycles. The van der Waals surface area contributed by atoms with Crippen LogP contribution in [0, 0.1) is 0 Å². The van der Waals surface area contributed by atoms with Gasteiger partial charge in [0.05, 0.1) is 6.10 Å². The smallest absolute Gasteiger partial charge is 0.193 e. The standard InChI is InChI=1S/C19H38N4O.HI/c1-4-24-18-10-15-23(16-11-18)19(20-3)21-12-6-8-14-22-13-7-5-9-17(22)2;/h17-18H,4-16H2,1-3H3,(H,20,21);1H. The van der Waals surface area contributed by atoms with Crippen molar-refractivity contribution in [2.75, 3.05) is 46.4 Å². The van der Waals surface area contributed by atoms with Gasteiger partial charge in [-0.3, -0.25) is 4.99 Å². The van der Waals surface area contributed by atoms with Gasteiger partial charge in [0.2, 0.25) is 0 Å². The third kappa shape index (κ3) is 7.99. The lowest BCUT2D eigenvalue weighted by molar-refractivity contribution is 0.0264. The van der Waals surface area contributed by atoms with Gasteiger partial charge in [0.25, 0.3) is 0 Å². The zero-order valence-electron chi connectivity index (χ0n) is 16.5. The van der Waals surface area contributed by atoms with Crippen LogP contribution in [0.4, 0.5) is 0 Å². The van der Waals surface area contributed by atoms with E-state index in [1.54, 1.807) is 0 Å². The van der Waals surface area contributed by atoms with Gasteiger partial charge in [-0.2, -0.15) is 0 Å². The number of nitrogens with one attached hydrogen (secondary N) is 1. The molecule has 2 aliphatic heterocycles. The van der Waals surface area contributed by atoms with Crippen LogP contribution in [0.15, 0.2) is 4.99 Å². The van der Waals surface area contributed by atoms with Crippen molar-refractivity contribution in [1.29, 1.82) is 0 Å². The second kappa shape index (κ2) is 13.1. The minimum absolute atomic E-state index is 0. The molecule has 0 spiro atoms. The van der Waals surface area contributed by atoms with E-state index >= 15 is 0 Å². The van der Waals surface area contributed by atoms with E-state index < -0.39 is 0 Å². The zero-order valence-corrected chi connectivity index (χ0v) is 18.8. The molecule has 1 atom stereocenters. The summed E-state index contributed by atoms with van der Waals surface area (Å²) in [6, 6.07) is 0.783. The molecule has 2 rings (SSSR count). The van der Waals surface area contributed by atoms with Crippen molar-refractivity contribution >= 4 is 29.9 Å². The van der Waals surface area contributed by atoms with Crippen molar-refractivity contribution < 1.29 is 4.74 Å². The summed E-state index contributed by atoms with van der Waals surface area (Å²) in [5.74, 6) is 1.07. The lowest BCUT2D eigenvalue weighted by Gasteiger charge is -2.34. The van der Waals surface area contributed by atoms with Crippen LogP contribution < -0.4 is 5.32 Å². The SMILES string of the molecule is CCOC1CCN(C(=NC)NCCCCN2CCCCC2C)CC1.I. The van der Waals surface area contributed by atoms with Gasteiger partial charge in [0.15, 0.2) is 5.96 Å². The first-order valence-corrected chi connectivity index (χ1v) is 10.1. The molecule has 148 valence electrons. The van der Waals surface area contributed by atoms with Gasteiger partial charge in [-0.1, -0.05) is 6.42 Å². The summed E-state index contributed by atoms with van der Waals surface area (Å²) in [6.45, 7) is 11.0. The minimum Gasteiger partial charge on any atom is -0.378 e. The van der Waals surface area contributed by atoms with Crippen molar-refractivity contribution in [3.8, 4) is 0 Å². The van der Waals surface area contributed by atoms with E-state index in [0.717, 1.165) is 51.1 Å². The van der Waals surface area contributed by atoms with Gasteiger partial charge in [0.1, 0.15) is 0 Å². The number of halogens is 1. The molecule has 1 unspecified atom stereocenters. The monoisotopic (exact) mass is 466 g/mol. The largest absolute Gasteiger partial charge is 0.378 e. The first kappa shape index (κ1) is 23.0. The highest BCUT2D eigenvalue weighted by molar-refractivity contribution is 14.0. The summed E-state index contributed by atoms with van der Waals surface area (Å²) in [7, 11) is 1.90. The molecule has 2 heterocycles. The highest BCUT2D eigenvalue weighted by Crippen LogP contribution is 2.16. The van der Waals surface area contributed by atoms with Gasteiger partial charge in [-0.15, -0.1) is 24.0 Å². The number of rotatable bonds is 7. The molecule has 0 bridgehead atoms. The van der Waals surface area contributed by atoms with E-state index in [9.17, 15) is 0 Å². The molecule has 0 aromatic rings. The van der Waals surface area contributed by atoms with Gasteiger partial charge in [-0.05, 0) is 65.5 Å². The van der Waals surface area contributed by atoms with Crippen LogP contribution in [0.2, 0.25) is 0 Å². The van der Waals surface area contributed by atoms with E-state index in [-0.39, 0.29) is 24.0 Å². The Balaban J connectivity index is 0.00000312. The van der Waals surface area contributed by atoms with E-state index in [2.05, 4.69) is 34.0 Å². The molecule has 5 nitrogen and oxygen atoms in total. The average molecular weight is 466 g/mol. The van der Waals surface area contributed by atoms with E-state index in [1.807, 2.05) is 7.05 Å². The summed E-state index contributed by atoms with van der Waals surface area (Å²) >= 11 is 0. The van der Waals surface area contributed by atoms with Gasteiger partial charge in [-0.25, -0.2) is 0 Å². The van der Waals surface area contributed by atoms with Crippen molar-refractivity contribution in [2.24, 2.45) is 4.99 Å². The highest BCUT2D eigenvalue weighted by atomic mass is 127. The van der Waals surface area contributed by atoms with E-state index in [4.69, 9.17) is 4.74 Å². The third-order valence-electron chi connectivity index (χ3n) is 5.45. The fraction of sp³-hybridized carbons (Fsp3) is 0.947. The summed E-state index contributed by atoms with van der Waals surface area (Å²) < 4.78 is 5.73. The molecular formula is C19H39IN4O. The molecule has 25 heavy (non-hydrogen) atoms. The maximum absolute atomic E-state index is 5.73. The Morgan fingerprint density at radius 3 is 2.52 bits per heavy atom. The molecule has 0 radical (unpaired) electrons. The summed E-state index contributed by atoms with van der Waals surface area (Å²) in [5, 5.41) is 3.55. The fourth-order valence-corrected chi connectivity index (χ4v) is 3.93. The molecule has 0 aliphatic carbocycles. The number of likely N-dealkylation sites (tertiary alicyclic amines) is 2. The molecule has 0 amide bonds. The molecule has 2 fully saturated rings. The second-order valence-electron chi connectivity index (χ2n) is 7.20. The van der Waals surface area contributed by atoms with E-state index in [0.29, 0.717) is 6.10 Å². The van der Waals surface area contributed by atoms with Crippen LogP contribution >= 0.6 is 24.0 Å². The van der Waals surface area contributed by atoms with Crippen molar-refractivity contribution in [3.05, 3.63) is 0 Å². The fourth-order valence-electron chi connectivity index (χ4n) is 3.93. The van der Waals surface area contributed by atoms with Crippen LogP contribution in [-0.4, -0.2) is 74.3 Å². The number of nitrogens with zero attached hydrogens (tertiary/aromatic N) is 3. The summed E-state index contributed by atoms with van der Waals surface area (Å²) in [5.41, 5.74) is 0. The number of hydrogen-bond acceptors (Lipinski definition) is 3. The van der Waals surface area contributed by atoms with Crippen LogP contribution in [0.25, 0.3) is 0 Å². The Labute approximate surface area is 172 Å². The molecule has 2 aliphatic rings. The number of unbranched alkanes of at least 4 members (excludes halogenated alkanes) is 1. The molecule has 1 N–H and O–H groups in total. The van der Waals surface area contributed by atoms with Crippen LogP contribution in [0.1, 0.15) is 58.8 Å². The number of guanidine groups is 1. The first-order chi connectivity index (χ1) is 11.7. The summed E-state index contributed by atoms with van der Waals surface area (Å²) in [6.07, 6.45) is 9.34.